The van der Waals surface area contributed by atoms with Gasteiger partial charge in [-0.05, 0) is 18.6 Å². The molecule has 4 heteroatoms. The monoisotopic (exact) mass is 226 g/mol. The summed E-state index contributed by atoms with van der Waals surface area (Å²) in [6.07, 6.45) is 3.17. The molecule has 4 nitrogen and oxygen atoms in total. The Morgan fingerprint density at radius 1 is 1.29 bits per heavy atom. The molecule has 0 amide bonds. The van der Waals surface area contributed by atoms with Crippen molar-refractivity contribution >= 4 is 22.4 Å². The Morgan fingerprint density at radius 2 is 2.06 bits per heavy atom. The summed E-state index contributed by atoms with van der Waals surface area (Å²) in [5.74, 6) is -1.01. The van der Waals surface area contributed by atoms with Crippen LogP contribution in [0.25, 0.3) is 16.4 Å². The molecule has 1 aromatic carbocycles. The van der Waals surface area contributed by atoms with E-state index in [1.54, 1.807) is 12.4 Å². The van der Waals surface area contributed by atoms with Crippen LogP contribution in [0.4, 0.5) is 0 Å². The highest BCUT2D eigenvalue weighted by molar-refractivity contribution is 5.93. The number of carboxylic acids is 1. The molecule has 84 valence electrons. The van der Waals surface area contributed by atoms with Crippen LogP contribution in [0.5, 0.6) is 0 Å². The van der Waals surface area contributed by atoms with Gasteiger partial charge in [-0.3, -0.25) is 0 Å². The molecule has 1 N–H and O–H groups in total. The predicted molar refractivity (Wildman–Crippen MR) is 64.4 cm³/mol. The average Bonchev–Trinajstić information content (AvgIpc) is 2.64. The molecular formula is C13H10N2O2. The van der Waals surface area contributed by atoms with Crippen LogP contribution in [0.3, 0.4) is 0 Å². The number of rotatable bonds is 1. The average molecular weight is 226 g/mol. The number of aromatic nitrogens is 2. The summed E-state index contributed by atoms with van der Waals surface area (Å²) >= 11 is 0. The first-order valence-corrected chi connectivity index (χ1v) is 5.27. The summed E-state index contributed by atoms with van der Waals surface area (Å²) in [6, 6.07) is 7.91. The van der Waals surface area contributed by atoms with Gasteiger partial charge in [0.05, 0.1) is 17.2 Å². The SMILES string of the molecule is Cc1c2ccccc2n2cc(C(=O)O)ncc12. The molecule has 17 heavy (non-hydrogen) atoms. The molecule has 0 fully saturated rings. The normalized spacial score (nSPS) is 11.1. The summed E-state index contributed by atoms with van der Waals surface area (Å²) in [5.41, 5.74) is 3.12. The Labute approximate surface area is 97.1 Å². The van der Waals surface area contributed by atoms with Crippen molar-refractivity contribution in [3.05, 3.63) is 47.9 Å². The molecular weight excluding hydrogens is 216 g/mol. The van der Waals surface area contributed by atoms with Gasteiger partial charge in [0.1, 0.15) is 0 Å². The number of nitrogens with zero attached hydrogens (tertiary/aromatic N) is 2. The molecule has 0 aliphatic carbocycles. The highest BCUT2D eigenvalue weighted by Crippen LogP contribution is 2.25. The van der Waals surface area contributed by atoms with Gasteiger partial charge in [0.2, 0.25) is 0 Å². The van der Waals surface area contributed by atoms with E-state index >= 15 is 0 Å². The van der Waals surface area contributed by atoms with Gasteiger partial charge in [0, 0.05) is 11.6 Å². The van der Waals surface area contributed by atoms with Gasteiger partial charge in [-0.2, -0.15) is 0 Å². The highest BCUT2D eigenvalue weighted by Gasteiger charge is 2.11. The van der Waals surface area contributed by atoms with Gasteiger partial charge in [0.15, 0.2) is 5.69 Å². The van der Waals surface area contributed by atoms with Crippen LogP contribution in [-0.2, 0) is 0 Å². The van der Waals surface area contributed by atoms with E-state index < -0.39 is 5.97 Å². The molecule has 0 atom stereocenters. The number of para-hydroxylation sites is 1. The molecule has 2 aromatic heterocycles. The van der Waals surface area contributed by atoms with Crippen molar-refractivity contribution in [3.63, 3.8) is 0 Å². The molecule has 0 saturated carbocycles. The second-order valence-electron chi connectivity index (χ2n) is 3.98. The van der Waals surface area contributed by atoms with Crippen LogP contribution in [0, 0.1) is 6.92 Å². The Balaban J connectivity index is 2.50. The van der Waals surface area contributed by atoms with E-state index in [0.717, 1.165) is 22.0 Å². The number of hydrogen-bond donors (Lipinski definition) is 1. The van der Waals surface area contributed by atoms with Gasteiger partial charge >= 0.3 is 5.97 Å². The minimum atomic E-state index is -1.01. The second kappa shape index (κ2) is 3.31. The lowest BCUT2D eigenvalue weighted by molar-refractivity contribution is 0.0690. The number of carbonyl (C=O) groups is 1. The maximum Gasteiger partial charge on any atom is 0.356 e. The van der Waals surface area contributed by atoms with Crippen molar-refractivity contribution in [1.82, 2.24) is 9.38 Å². The fourth-order valence-electron chi connectivity index (χ4n) is 2.14. The second-order valence-corrected chi connectivity index (χ2v) is 3.98. The standard InChI is InChI=1S/C13H10N2O2/c1-8-9-4-2-3-5-11(9)15-7-10(13(16)17)14-6-12(8)15/h2-7H,1H3,(H,16,17). The lowest BCUT2D eigenvalue weighted by atomic mass is 10.2. The quantitative estimate of drug-likeness (QED) is 0.693. The molecule has 0 spiro atoms. The van der Waals surface area contributed by atoms with E-state index in [9.17, 15) is 4.79 Å². The molecule has 0 aliphatic heterocycles. The molecule has 3 aromatic rings. The Kier molecular flexibility index (Phi) is 1.92. The summed E-state index contributed by atoms with van der Waals surface area (Å²) in [4.78, 5) is 14.9. The number of hydrogen-bond acceptors (Lipinski definition) is 2. The third-order valence-corrected chi connectivity index (χ3v) is 3.01. The molecule has 0 bridgehead atoms. The van der Waals surface area contributed by atoms with Crippen molar-refractivity contribution in [3.8, 4) is 0 Å². The van der Waals surface area contributed by atoms with E-state index in [4.69, 9.17) is 5.11 Å². The first-order chi connectivity index (χ1) is 8.18. The van der Waals surface area contributed by atoms with Gasteiger partial charge in [-0.1, -0.05) is 18.2 Å². The van der Waals surface area contributed by atoms with Crippen molar-refractivity contribution in [2.75, 3.05) is 0 Å². The number of benzene rings is 1. The minimum absolute atomic E-state index is 0.0539. The van der Waals surface area contributed by atoms with Crippen molar-refractivity contribution < 1.29 is 9.90 Å². The molecule has 0 unspecified atom stereocenters. The van der Waals surface area contributed by atoms with Crippen LogP contribution in [-0.4, -0.2) is 20.5 Å². The van der Waals surface area contributed by atoms with Gasteiger partial charge in [0.25, 0.3) is 0 Å². The van der Waals surface area contributed by atoms with Crippen LogP contribution >= 0.6 is 0 Å². The van der Waals surface area contributed by atoms with Crippen LogP contribution in [0.15, 0.2) is 36.7 Å². The van der Waals surface area contributed by atoms with Crippen LogP contribution in [0.2, 0.25) is 0 Å². The van der Waals surface area contributed by atoms with Gasteiger partial charge in [-0.15, -0.1) is 0 Å². The first-order valence-electron chi connectivity index (χ1n) is 5.27. The fourth-order valence-corrected chi connectivity index (χ4v) is 2.14. The highest BCUT2D eigenvalue weighted by atomic mass is 16.4. The lowest BCUT2D eigenvalue weighted by Crippen LogP contribution is -2.02. The summed E-state index contributed by atoms with van der Waals surface area (Å²) in [6.45, 7) is 2.01. The minimum Gasteiger partial charge on any atom is -0.476 e. The van der Waals surface area contributed by atoms with E-state index in [1.807, 2.05) is 35.6 Å². The first kappa shape index (κ1) is 9.84. The zero-order chi connectivity index (χ0) is 12.0. The topological polar surface area (TPSA) is 54.6 Å². The zero-order valence-corrected chi connectivity index (χ0v) is 9.21. The Bertz CT molecular complexity index is 744. The number of aryl methyl sites for hydroxylation is 1. The smallest absolute Gasteiger partial charge is 0.356 e. The molecule has 0 aliphatic rings. The maximum atomic E-state index is 10.9. The van der Waals surface area contributed by atoms with Crippen LogP contribution in [0.1, 0.15) is 16.1 Å². The predicted octanol–water partition coefficient (Wildman–Crippen LogP) is 2.49. The molecule has 0 radical (unpaired) electrons. The van der Waals surface area contributed by atoms with Crippen LogP contribution < -0.4 is 0 Å². The fraction of sp³-hybridized carbons (Fsp3) is 0.0769. The third-order valence-electron chi connectivity index (χ3n) is 3.01. The largest absolute Gasteiger partial charge is 0.476 e. The Hall–Kier alpha value is -2.36. The maximum absolute atomic E-state index is 10.9. The molecule has 0 saturated heterocycles. The Morgan fingerprint density at radius 3 is 2.82 bits per heavy atom. The van der Waals surface area contributed by atoms with Gasteiger partial charge in [-0.25, -0.2) is 9.78 Å². The molecule has 3 rings (SSSR count). The van der Waals surface area contributed by atoms with Crippen molar-refractivity contribution in [2.45, 2.75) is 6.92 Å². The van der Waals surface area contributed by atoms with E-state index in [1.165, 1.54) is 0 Å². The zero-order valence-electron chi connectivity index (χ0n) is 9.21. The van der Waals surface area contributed by atoms with Gasteiger partial charge < -0.3 is 9.51 Å². The van der Waals surface area contributed by atoms with Crippen molar-refractivity contribution in [2.24, 2.45) is 0 Å². The summed E-state index contributed by atoms with van der Waals surface area (Å²) in [7, 11) is 0. The number of aromatic carboxylic acids is 1. The third kappa shape index (κ3) is 1.30. The van der Waals surface area contributed by atoms with E-state index in [0.29, 0.717) is 0 Å². The summed E-state index contributed by atoms with van der Waals surface area (Å²) < 4.78 is 1.88. The van der Waals surface area contributed by atoms with E-state index in [-0.39, 0.29) is 5.69 Å². The lowest BCUT2D eigenvalue weighted by Gasteiger charge is -1.98. The number of fused-ring (bicyclic) bond motifs is 3. The van der Waals surface area contributed by atoms with E-state index in [2.05, 4.69) is 4.98 Å². The molecule has 2 heterocycles. The number of carboxylic acid groups (broad SMARTS) is 1. The summed E-state index contributed by atoms with van der Waals surface area (Å²) in [5, 5.41) is 10.1. The van der Waals surface area contributed by atoms with Crippen molar-refractivity contribution in [1.29, 1.82) is 0 Å².